The van der Waals surface area contributed by atoms with Crippen LogP contribution in [0.15, 0.2) is 42.5 Å². The van der Waals surface area contributed by atoms with Gasteiger partial charge in [0.2, 0.25) is 0 Å². The molecule has 0 saturated carbocycles. The molecule has 1 amide bonds. The van der Waals surface area contributed by atoms with Gasteiger partial charge >= 0.3 is 0 Å². The van der Waals surface area contributed by atoms with E-state index in [0.29, 0.717) is 36.0 Å². The Labute approximate surface area is 182 Å². The number of nitrogens with one attached hydrogen (secondary N) is 1. The lowest BCUT2D eigenvalue weighted by molar-refractivity contribution is 0.0602. The minimum Gasteiger partial charge on any atom is -0.383 e. The van der Waals surface area contributed by atoms with E-state index in [1.165, 1.54) is 0 Å². The van der Waals surface area contributed by atoms with Gasteiger partial charge in [0, 0.05) is 30.1 Å². The lowest BCUT2D eigenvalue weighted by Gasteiger charge is -2.39. The summed E-state index contributed by atoms with van der Waals surface area (Å²) >= 11 is 0. The summed E-state index contributed by atoms with van der Waals surface area (Å²) in [6.07, 6.45) is 0. The highest BCUT2D eigenvalue weighted by Crippen LogP contribution is 2.32. The summed E-state index contributed by atoms with van der Waals surface area (Å²) in [7, 11) is 0. The van der Waals surface area contributed by atoms with Crippen molar-refractivity contribution in [1.29, 1.82) is 5.26 Å². The SMILES string of the molecule is Cc1ccc(C(=O)N2CC(c3ccc(C#N)cc3)C2)cc1-c1[nH]c(C(C)(C)O)nc1C. The predicted octanol–water partition coefficient (Wildman–Crippen LogP) is 4.03. The molecular weight excluding hydrogens is 388 g/mol. The molecule has 0 radical (unpaired) electrons. The Morgan fingerprint density at radius 2 is 1.87 bits per heavy atom. The number of amides is 1. The average molecular weight is 415 g/mol. The van der Waals surface area contributed by atoms with E-state index in [0.717, 1.165) is 28.1 Å². The van der Waals surface area contributed by atoms with Crippen LogP contribution in [0.4, 0.5) is 0 Å². The molecule has 6 heteroatoms. The van der Waals surface area contributed by atoms with Crippen molar-refractivity contribution in [2.75, 3.05) is 13.1 Å². The van der Waals surface area contributed by atoms with Crippen LogP contribution in [-0.2, 0) is 5.60 Å². The number of hydrogen-bond acceptors (Lipinski definition) is 4. The molecule has 2 N–H and O–H groups in total. The largest absolute Gasteiger partial charge is 0.383 e. The van der Waals surface area contributed by atoms with E-state index in [9.17, 15) is 9.90 Å². The molecule has 4 rings (SSSR count). The highest BCUT2D eigenvalue weighted by molar-refractivity contribution is 5.96. The third-order valence-corrected chi connectivity index (χ3v) is 5.90. The Balaban J connectivity index is 1.53. The van der Waals surface area contributed by atoms with E-state index >= 15 is 0 Å². The van der Waals surface area contributed by atoms with Crippen LogP contribution in [0, 0.1) is 25.2 Å². The molecule has 0 aliphatic carbocycles. The molecule has 6 nitrogen and oxygen atoms in total. The third-order valence-electron chi connectivity index (χ3n) is 5.90. The van der Waals surface area contributed by atoms with Crippen LogP contribution < -0.4 is 0 Å². The normalized spacial score (nSPS) is 14.3. The molecule has 1 saturated heterocycles. The molecule has 1 aromatic heterocycles. The number of carbonyl (C=O) groups is 1. The minimum absolute atomic E-state index is 0.00558. The van der Waals surface area contributed by atoms with E-state index in [-0.39, 0.29) is 5.91 Å². The summed E-state index contributed by atoms with van der Waals surface area (Å²) in [5.74, 6) is 0.806. The van der Waals surface area contributed by atoms with Crippen molar-refractivity contribution in [1.82, 2.24) is 14.9 Å². The van der Waals surface area contributed by atoms with Gasteiger partial charge in [0.1, 0.15) is 11.4 Å². The van der Waals surface area contributed by atoms with Gasteiger partial charge in [-0.3, -0.25) is 4.79 Å². The number of hydrogen-bond donors (Lipinski definition) is 2. The first-order chi connectivity index (χ1) is 14.7. The van der Waals surface area contributed by atoms with Gasteiger partial charge in [-0.25, -0.2) is 4.98 Å². The Kier molecular flexibility index (Phi) is 5.16. The number of nitrogens with zero attached hydrogens (tertiary/aromatic N) is 3. The minimum atomic E-state index is -1.07. The van der Waals surface area contributed by atoms with Gasteiger partial charge in [0.15, 0.2) is 0 Å². The average Bonchev–Trinajstić information content (AvgIpc) is 3.09. The molecule has 1 aliphatic heterocycles. The molecule has 0 spiro atoms. The molecule has 1 fully saturated rings. The summed E-state index contributed by atoms with van der Waals surface area (Å²) in [5, 5.41) is 19.2. The Morgan fingerprint density at radius 3 is 2.45 bits per heavy atom. The highest BCUT2D eigenvalue weighted by Gasteiger charge is 2.32. The van der Waals surface area contributed by atoms with Crippen LogP contribution in [0.5, 0.6) is 0 Å². The van der Waals surface area contributed by atoms with Crippen molar-refractivity contribution in [2.45, 2.75) is 39.2 Å². The number of aliphatic hydroxyl groups is 1. The first-order valence-electron chi connectivity index (χ1n) is 10.4. The van der Waals surface area contributed by atoms with E-state index in [4.69, 9.17) is 5.26 Å². The maximum atomic E-state index is 13.1. The van der Waals surface area contributed by atoms with Crippen molar-refractivity contribution in [3.05, 3.63) is 76.2 Å². The number of nitriles is 1. The van der Waals surface area contributed by atoms with Gasteiger partial charge in [0.05, 0.1) is 23.0 Å². The van der Waals surface area contributed by atoms with Crippen LogP contribution in [0.1, 0.15) is 58.3 Å². The number of benzene rings is 2. The quantitative estimate of drug-likeness (QED) is 0.674. The van der Waals surface area contributed by atoms with Gasteiger partial charge in [-0.1, -0.05) is 18.2 Å². The second-order valence-electron chi connectivity index (χ2n) is 8.78. The lowest BCUT2D eigenvalue weighted by Crippen LogP contribution is -2.48. The fourth-order valence-corrected chi connectivity index (χ4v) is 3.90. The zero-order valence-corrected chi connectivity index (χ0v) is 18.2. The number of aromatic amines is 1. The van der Waals surface area contributed by atoms with E-state index in [1.54, 1.807) is 13.8 Å². The number of likely N-dealkylation sites (tertiary alicyclic amines) is 1. The maximum absolute atomic E-state index is 13.1. The van der Waals surface area contributed by atoms with E-state index < -0.39 is 5.60 Å². The van der Waals surface area contributed by atoms with Crippen LogP contribution in [0.3, 0.4) is 0 Å². The summed E-state index contributed by atoms with van der Waals surface area (Å²) < 4.78 is 0. The number of rotatable bonds is 4. The molecule has 0 atom stereocenters. The van der Waals surface area contributed by atoms with E-state index in [1.807, 2.05) is 61.2 Å². The molecule has 1 aliphatic rings. The maximum Gasteiger partial charge on any atom is 0.253 e. The fourth-order valence-electron chi connectivity index (χ4n) is 3.90. The summed E-state index contributed by atoms with van der Waals surface area (Å²) in [6.45, 7) is 8.61. The number of H-pyrrole nitrogens is 1. The van der Waals surface area contributed by atoms with Crippen molar-refractivity contribution >= 4 is 5.91 Å². The number of imidazole rings is 1. The molecule has 2 heterocycles. The van der Waals surface area contributed by atoms with E-state index in [2.05, 4.69) is 16.0 Å². The van der Waals surface area contributed by atoms with Crippen molar-refractivity contribution < 1.29 is 9.90 Å². The Bertz CT molecular complexity index is 1170. The smallest absolute Gasteiger partial charge is 0.253 e. The van der Waals surface area contributed by atoms with Gasteiger partial charge in [-0.15, -0.1) is 0 Å². The van der Waals surface area contributed by atoms with Crippen LogP contribution in [0.2, 0.25) is 0 Å². The summed E-state index contributed by atoms with van der Waals surface area (Å²) in [5.41, 5.74) is 4.92. The molecule has 2 aromatic carbocycles. The number of aromatic nitrogens is 2. The van der Waals surface area contributed by atoms with Crippen LogP contribution in [0.25, 0.3) is 11.3 Å². The zero-order chi connectivity index (χ0) is 22.3. The zero-order valence-electron chi connectivity index (χ0n) is 18.2. The summed E-state index contributed by atoms with van der Waals surface area (Å²) in [6, 6.07) is 15.4. The van der Waals surface area contributed by atoms with Crippen molar-refractivity contribution in [3.63, 3.8) is 0 Å². The fraction of sp³-hybridized carbons (Fsp3) is 0.320. The van der Waals surface area contributed by atoms with Crippen molar-refractivity contribution in [2.24, 2.45) is 0 Å². The monoisotopic (exact) mass is 414 g/mol. The number of aryl methyl sites for hydroxylation is 2. The molecular formula is C25H26N4O2. The Morgan fingerprint density at radius 1 is 1.19 bits per heavy atom. The van der Waals surface area contributed by atoms with Crippen LogP contribution >= 0.6 is 0 Å². The molecule has 0 unspecified atom stereocenters. The topological polar surface area (TPSA) is 93.0 Å². The van der Waals surface area contributed by atoms with Gasteiger partial charge < -0.3 is 15.0 Å². The number of carbonyl (C=O) groups excluding carboxylic acids is 1. The molecule has 158 valence electrons. The summed E-state index contributed by atoms with van der Waals surface area (Å²) in [4.78, 5) is 22.6. The standard InChI is InChI=1S/C25H26N4O2/c1-15-5-8-19(11-21(15)22-16(2)27-24(28-22)25(3,4)31)23(30)29-13-20(14-29)18-9-6-17(12-26)7-10-18/h5-11,20,31H,13-14H2,1-4H3,(H,27,28). The lowest BCUT2D eigenvalue weighted by atomic mass is 9.90. The third kappa shape index (κ3) is 3.97. The van der Waals surface area contributed by atoms with Gasteiger partial charge in [-0.2, -0.15) is 5.26 Å². The Hall–Kier alpha value is -3.43. The van der Waals surface area contributed by atoms with Gasteiger partial charge in [-0.05, 0) is 63.1 Å². The second kappa shape index (κ2) is 7.68. The molecule has 31 heavy (non-hydrogen) atoms. The second-order valence-corrected chi connectivity index (χ2v) is 8.78. The first-order valence-corrected chi connectivity index (χ1v) is 10.4. The molecule has 0 bridgehead atoms. The van der Waals surface area contributed by atoms with Crippen molar-refractivity contribution in [3.8, 4) is 17.3 Å². The van der Waals surface area contributed by atoms with Crippen LogP contribution in [-0.4, -0.2) is 39.0 Å². The van der Waals surface area contributed by atoms with Gasteiger partial charge in [0.25, 0.3) is 5.91 Å². The molecule has 3 aromatic rings. The predicted molar refractivity (Wildman–Crippen MR) is 119 cm³/mol. The highest BCUT2D eigenvalue weighted by atomic mass is 16.3. The first kappa shape index (κ1) is 20.8.